The molecule has 1 amide bonds. The second-order valence-electron chi connectivity index (χ2n) is 5.90. The van der Waals surface area contributed by atoms with E-state index in [1.54, 1.807) is 12.1 Å². The van der Waals surface area contributed by atoms with Gasteiger partial charge in [-0.05, 0) is 36.6 Å². The van der Waals surface area contributed by atoms with Crippen LogP contribution in [0.25, 0.3) is 0 Å². The van der Waals surface area contributed by atoms with E-state index in [0.717, 1.165) is 31.7 Å². The van der Waals surface area contributed by atoms with Crippen LogP contribution in [0.5, 0.6) is 0 Å². The maximum absolute atomic E-state index is 13.0. The van der Waals surface area contributed by atoms with E-state index in [0.29, 0.717) is 25.7 Å². The molecule has 3 rings (SSSR count). The summed E-state index contributed by atoms with van der Waals surface area (Å²) in [5.41, 5.74) is 1.04. The number of nitrogens with zero attached hydrogens (tertiary/aromatic N) is 1. The number of rotatable bonds is 4. The maximum atomic E-state index is 13.0. The van der Waals surface area contributed by atoms with Crippen LogP contribution in [0, 0.1) is 11.7 Å². The van der Waals surface area contributed by atoms with Crippen molar-refractivity contribution in [3.05, 3.63) is 30.1 Å². The fourth-order valence-corrected chi connectivity index (χ4v) is 2.99. The van der Waals surface area contributed by atoms with Gasteiger partial charge in [0.15, 0.2) is 0 Å². The Morgan fingerprint density at radius 3 is 2.95 bits per heavy atom. The van der Waals surface area contributed by atoms with Crippen molar-refractivity contribution in [1.29, 1.82) is 0 Å². The number of benzene rings is 1. The highest BCUT2D eigenvalue weighted by Crippen LogP contribution is 2.23. The van der Waals surface area contributed by atoms with E-state index in [2.05, 4.69) is 15.5 Å². The van der Waals surface area contributed by atoms with Gasteiger partial charge in [-0.1, -0.05) is 0 Å². The number of ether oxygens (including phenoxy) is 1. The molecule has 2 aliphatic heterocycles. The van der Waals surface area contributed by atoms with Gasteiger partial charge in [0, 0.05) is 31.9 Å². The van der Waals surface area contributed by atoms with Crippen molar-refractivity contribution in [2.75, 3.05) is 44.3 Å². The topological polar surface area (TPSA) is 53.6 Å². The zero-order valence-electron chi connectivity index (χ0n) is 12.6. The molecule has 1 aromatic rings. The van der Waals surface area contributed by atoms with Crippen molar-refractivity contribution in [1.82, 2.24) is 10.6 Å². The summed E-state index contributed by atoms with van der Waals surface area (Å²) in [6.45, 7) is 4.34. The molecule has 0 saturated carbocycles. The highest BCUT2D eigenvalue weighted by atomic mass is 19.1. The third-order valence-electron chi connectivity index (χ3n) is 4.28. The predicted octanol–water partition coefficient (Wildman–Crippen LogP) is 0.757. The molecule has 2 saturated heterocycles. The zero-order chi connectivity index (χ0) is 15.4. The van der Waals surface area contributed by atoms with Gasteiger partial charge in [0.2, 0.25) is 5.91 Å². The van der Waals surface area contributed by atoms with Gasteiger partial charge in [-0.3, -0.25) is 4.79 Å². The fraction of sp³-hybridized carbons (Fsp3) is 0.562. The summed E-state index contributed by atoms with van der Waals surface area (Å²) < 4.78 is 18.3. The monoisotopic (exact) mass is 307 g/mol. The molecule has 22 heavy (non-hydrogen) atoms. The molecule has 0 aromatic heterocycles. The SMILES string of the molecule is O=C(NCC1CCN(c2ccc(F)cc2)C1)C1COCCN1. The number of hydrogen-bond donors (Lipinski definition) is 2. The molecule has 120 valence electrons. The smallest absolute Gasteiger partial charge is 0.239 e. The molecule has 2 N–H and O–H groups in total. The van der Waals surface area contributed by atoms with Gasteiger partial charge in [0.1, 0.15) is 11.9 Å². The highest BCUT2D eigenvalue weighted by Gasteiger charge is 2.25. The van der Waals surface area contributed by atoms with E-state index in [1.165, 1.54) is 12.1 Å². The number of hydrogen-bond acceptors (Lipinski definition) is 4. The van der Waals surface area contributed by atoms with Crippen LogP contribution in [0.2, 0.25) is 0 Å². The molecule has 2 atom stereocenters. The Bertz CT molecular complexity index is 503. The summed E-state index contributed by atoms with van der Waals surface area (Å²) in [4.78, 5) is 14.3. The van der Waals surface area contributed by atoms with Gasteiger partial charge in [0.25, 0.3) is 0 Å². The van der Waals surface area contributed by atoms with Crippen molar-refractivity contribution in [3.63, 3.8) is 0 Å². The van der Waals surface area contributed by atoms with E-state index in [9.17, 15) is 9.18 Å². The average Bonchev–Trinajstić information content (AvgIpc) is 3.03. The molecule has 0 radical (unpaired) electrons. The molecule has 0 bridgehead atoms. The molecular weight excluding hydrogens is 285 g/mol. The minimum atomic E-state index is -0.233. The zero-order valence-corrected chi connectivity index (χ0v) is 12.6. The van der Waals surface area contributed by atoms with Gasteiger partial charge in [-0.15, -0.1) is 0 Å². The maximum Gasteiger partial charge on any atom is 0.239 e. The second-order valence-corrected chi connectivity index (χ2v) is 5.90. The average molecular weight is 307 g/mol. The number of morpholine rings is 1. The number of carbonyl (C=O) groups excluding carboxylic acids is 1. The lowest BCUT2D eigenvalue weighted by Gasteiger charge is -2.24. The summed E-state index contributed by atoms with van der Waals surface area (Å²) in [7, 11) is 0. The minimum Gasteiger partial charge on any atom is -0.378 e. The molecule has 5 nitrogen and oxygen atoms in total. The summed E-state index contributed by atoms with van der Waals surface area (Å²) in [6, 6.07) is 6.35. The lowest BCUT2D eigenvalue weighted by Crippen LogP contribution is -2.52. The van der Waals surface area contributed by atoms with Crippen molar-refractivity contribution < 1.29 is 13.9 Å². The number of halogens is 1. The van der Waals surface area contributed by atoms with Crippen molar-refractivity contribution >= 4 is 11.6 Å². The molecule has 1 aromatic carbocycles. The van der Waals surface area contributed by atoms with Crippen LogP contribution in [-0.2, 0) is 9.53 Å². The Hall–Kier alpha value is -1.66. The Morgan fingerprint density at radius 1 is 1.41 bits per heavy atom. The first-order valence-corrected chi connectivity index (χ1v) is 7.82. The van der Waals surface area contributed by atoms with E-state index in [1.807, 2.05) is 0 Å². The van der Waals surface area contributed by atoms with Crippen LogP contribution in [0.3, 0.4) is 0 Å². The van der Waals surface area contributed by atoms with Crippen molar-refractivity contribution in [2.24, 2.45) is 5.92 Å². The Kier molecular flexibility index (Phi) is 4.90. The Labute approximate surface area is 129 Å². The fourth-order valence-electron chi connectivity index (χ4n) is 2.99. The van der Waals surface area contributed by atoms with Crippen LogP contribution in [0.15, 0.2) is 24.3 Å². The van der Waals surface area contributed by atoms with Crippen LogP contribution in [0.4, 0.5) is 10.1 Å². The first-order valence-electron chi connectivity index (χ1n) is 7.82. The largest absolute Gasteiger partial charge is 0.378 e. The van der Waals surface area contributed by atoms with Crippen LogP contribution in [-0.4, -0.2) is 51.3 Å². The lowest BCUT2D eigenvalue weighted by molar-refractivity contribution is -0.126. The van der Waals surface area contributed by atoms with Gasteiger partial charge < -0.3 is 20.3 Å². The van der Waals surface area contributed by atoms with E-state index in [4.69, 9.17) is 4.74 Å². The van der Waals surface area contributed by atoms with E-state index >= 15 is 0 Å². The molecule has 0 aliphatic carbocycles. The van der Waals surface area contributed by atoms with Crippen LogP contribution >= 0.6 is 0 Å². The third kappa shape index (κ3) is 3.75. The van der Waals surface area contributed by atoms with E-state index in [-0.39, 0.29) is 17.8 Å². The first-order chi connectivity index (χ1) is 10.7. The summed E-state index contributed by atoms with van der Waals surface area (Å²) in [6.07, 6.45) is 1.03. The second kappa shape index (κ2) is 7.07. The molecular formula is C16H22FN3O2. The molecule has 0 spiro atoms. The van der Waals surface area contributed by atoms with Gasteiger partial charge >= 0.3 is 0 Å². The number of anilines is 1. The quantitative estimate of drug-likeness (QED) is 0.862. The van der Waals surface area contributed by atoms with Gasteiger partial charge in [-0.25, -0.2) is 4.39 Å². The Morgan fingerprint density at radius 2 is 2.23 bits per heavy atom. The first kappa shape index (κ1) is 15.2. The van der Waals surface area contributed by atoms with Crippen molar-refractivity contribution in [3.8, 4) is 0 Å². The standard InChI is InChI=1S/C16H22FN3O2/c17-13-1-3-14(4-2-13)20-7-5-12(10-20)9-19-16(21)15-11-22-8-6-18-15/h1-4,12,15,18H,5-11H2,(H,19,21). The van der Waals surface area contributed by atoms with Crippen molar-refractivity contribution in [2.45, 2.75) is 12.5 Å². The lowest BCUT2D eigenvalue weighted by atomic mass is 10.1. The molecule has 2 unspecified atom stereocenters. The molecule has 2 aliphatic rings. The van der Waals surface area contributed by atoms with Gasteiger partial charge in [0.05, 0.1) is 13.2 Å². The summed E-state index contributed by atoms with van der Waals surface area (Å²) >= 11 is 0. The predicted molar refractivity (Wildman–Crippen MR) is 82.3 cm³/mol. The number of carbonyl (C=O) groups is 1. The normalized spacial score (nSPS) is 25.2. The highest BCUT2D eigenvalue weighted by molar-refractivity contribution is 5.82. The minimum absolute atomic E-state index is 0.0138. The summed E-state index contributed by atoms with van der Waals surface area (Å²) in [5.74, 6) is 0.229. The Balaban J connectivity index is 1.44. The van der Waals surface area contributed by atoms with Crippen LogP contribution in [0.1, 0.15) is 6.42 Å². The molecule has 2 fully saturated rings. The van der Waals surface area contributed by atoms with Gasteiger partial charge in [-0.2, -0.15) is 0 Å². The number of amides is 1. The van der Waals surface area contributed by atoms with E-state index < -0.39 is 0 Å². The third-order valence-corrected chi connectivity index (χ3v) is 4.28. The van der Waals surface area contributed by atoms with Crippen LogP contribution < -0.4 is 15.5 Å². The number of nitrogens with one attached hydrogen (secondary N) is 2. The molecule has 6 heteroatoms. The molecule has 2 heterocycles. The summed E-state index contributed by atoms with van der Waals surface area (Å²) in [5, 5.41) is 6.16.